The van der Waals surface area contributed by atoms with Crippen LogP contribution in [-0.2, 0) is 10.2 Å². The van der Waals surface area contributed by atoms with Gasteiger partial charge in [-0.15, -0.1) is 0 Å². The van der Waals surface area contributed by atoms with Crippen molar-refractivity contribution in [1.29, 1.82) is 0 Å². The Morgan fingerprint density at radius 3 is 2.50 bits per heavy atom. The highest BCUT2D eigenvalue weighted by Crippen LogP contribution is 2.26. The van der Waals surface area contributed by atoms with Crippen molar-refractivity contribution < 1.29 is 9.53 Å². The summed E-state index contributed by atoms with van der Waals surface area (Å²) in [6.07, 6.45) is -0.186. The molecule has 0 N–H and O–H groups in total. The number of hydrogen-bond acceptors (Lipinski definition) is 2. The zero-order valence-corrected chi connectivity index (χ0v) is 10.3. The highest BCUT2D eigenvalue weighted by molar-refractivity contribution is 6.02. The molecule has 1 unspecified atom stereocenters. The molecule has 0 spiro atoms. The van der Waals surface area contributed by atoms with Crippen molar-refractivity contribution in [3.05, 3.63) is 34.9 Å². The first-order valence-electron chi connectivity index (χ1n) is 5.66. The molecule has 1 fully saturated rings. The summed E-state index contributed by atoms with van der Waals surface area (Å²) in [5.74, 6) is 0.128. The number of aryl methyl sites for hydroxylation is 1. The van der Waals surface area contributed by atoms with E-state index in [2.05, 4.69) is 26.8 Å². The van der Waals surface area contributed by atoms with Gasteiger partial charge in [0, 0.05) is 5.56 Å². The van der Waals surface area contributed by atoms with Gasteiger partial charge in [0.1, 0.15) is 6.10 Å². The van der Waals surface area contributed by atoms with E-state index in [-0.39, 0.29) is 17.3 Å². The van der Waals surface area contributed by atoms with Crippen molar-refractivity contribution in [3.8, 4) is 0 Å². The summed E-state index contributed by atoms with van der Waals surface area (Å²) in [5, 5.41) is 0. The lowest BCUT2D eigenvalue weighted by atomic mass is 9.84. The maximum atomic E-state index is 12.0. The second-order valence-corrected chi connectivity index (χ2v) is 5.47. The van der Waals surface area contributed by atoms with E-state index in [4.69, 9.17) is 4.74 Å². The summed E-state index contributed by atoms with van der Waals surface area (Å²) in [4.78, 5) is 12.0. The molecular weight excluding hydrogens is 200 g/mol. The lowest BCUT2D eigenvalue weighted by Gasteiger charge is -2.20. The molecule has 1 aromatic carbocycles. The Morgan fingerprint density at radius 2 is 2.00 bits per heavy atom. The van der Waals surface area contributed by atoms with Crippen LogP contribution < -0.4 is 0 Å². The zero-order valence-electron chi connectivity index (χ0n) is 10.3. The topological polar surface area (TPSA) is 29.6 Å². The highest BCUT2D eigenvalue weighted by atomic mass is 16.6. The van der Waals surface area contributed by atoms with Gasteiger partial charge in [0.2, 0.25) is 0 Å². The third-order valence-electron chi connectivity index (χ3n) is 2.99. The number of carbonyl (C=O) groups excluding carboxylic acids is 1. The normalized spacial score (nSPS) is 19.6. The largest absolute Gasteiger partial charge is 0.364 e. The number of rotatable bonds is 2. The Balaban J connectivity index is 2.40. The highest BCUT2D eigenvalue weighted by Gasteiger charge is 2.33. The Hall–Kier alpha value is -1.15. The van der Waals surface area contributed by atoms with Gasteiger partial charge in [-0.3, -0.25) is 4.79 Å². The lowest BCUT2D eigenvalue weighted by molar-refractivity contribution is 0.0953. The number of benzene rings is 1. The van der Waals surface area contributed by atoms with E-state index in [0.717, 1.165) is 11.1 Å². The molecule has 1 aliphatic rings. The fraction of sp³-hybridized carbons (Fsp3) is 0.500. The number of Topliss-reactive ketones (excluding diaryl/α,β-unsaturated/α-hetero) is 1. The first kappa shape index (κ1) is 11.3. The first-order chi connectivity index (χ1) is 7.39. The van der Waals surface area contributed by atoms with Crippen LogP contribution in [0.2, 0.25) is 0 Å². The van der Waals surface area contributed by atoms with Crippen LogP contribution in [0.3, 0.4) is 0 Å². The summed E-state index contributed by atoms with van der Waals surface area (Å²) in [7, 11) is 0. The molecule has 2 heteroatoms. The van der Waals surface area contributed by atoms with Gasteiger partial charge in [-0.05, 0) is 29.5 Å². The molecule has 1 atom stereocenters. The van der Waals surface area contributed by atoms with Gasteiger partial charge >= 0.3 is 0 Å². The van der Waals surface area contributed by atoms with E-state index in [1.807, 2.05) is 19.1 Å². The molecular formula is C14H18O2. The average Bonchev–Trinajstić information content (AvgIpc) is 2.98. The fourth-order valence-corrected chi connectivity index (χ4v) is 1.73. The summed E-state index contributed by atoms with van der Waals surface area (Å²) >= 11 is 0. The van der Waals surface area contributed by atoms with Gasteiger partial charge in [0.05, 0.1) is 6.61 Å². The number of ether oxygens (including phenoxy) is 1. The van der Waals surface area contributed by atoms with Crippen LogP contribution >= 0.6 is 0 Å². The quantitative estimate of drug-likeness (QED) is 0.564. The number of hydrogen-bond donors (Lipinski definition) is 0. The number of ketones is 1. The molecule has 1 aliphatic heterocycles. The van der Waals surface area contributed by atoms with E-state index in [1.165, 1.54) is 5.56 Å². The third-order valence-corrected chi connectivity index (χ3v) is 2.99. The molecule has 16 heavy (non-hydrogen) atoms. The van der Waals surface area contributed by atoms with Crippen molar-refractivity contribution in [3.63, 3.8) is 0 Å². The minimum Gasteiger partial charge on any atom is -0.364 e. The SMILES string of the molecule is Cc1ccc(C(C)(C)C)cc1C(=O)C1CO1. The predicted molar refractivity (Wildman–Crippen MR) is 63.9 cm³/mol. The predicted octanol–water partition coefficient (Wildman–Crippen LogP) is 2.87. The van der Waals surface area contributed by atoms with Crippen LogP contribution in [0.5, 0.6) is 0 Å². The first-order valence-corrected chi connectivity index (χ1v) is 5.66. The van der Waals surface area contributed by atoms with Crippen LogP contribution in [0.25, 0.3) is 0 Å². The van der Waals surface area contributed by atoms with E-state index in [9.17, 15) is 4.79 Å². The molecule has 0 bridgehead atoms. The zero-order chi connectivity index (χ0) is 11.9. The van der Waals surface area contributed by atoms with Gasteiger partial charge in [0.15, 0.2) is 5.78 Å². The number of carbonyl (C=O) groups is 1. The summed E-state index contributed by atoms with van der Waals surface area (Å²) < 4.78 is 5.06. The van der Waals surface area contributed by atoms with Gasteiger partial charge in [-0.2, -0.15) is 0 Å². The van der Waals surface area contributed by atoms with Crippen molar-refractivity contribution in [2.75, 3.05) is 6.61 Å². The molecule has 86 valence electrons. The van der Waals surface area contributed by atoms with Gasteiger partial charge in [-0.25, -0.2) is 0 Å². The van der Waals surface area contributed by atoms with E-state index in [1.54, 1.807) is 0 Å². The number of epoxide rings is 1. The van der Waals surface area contributed by atoms with Crippen LogP contribution in [0.4, 0.5) is 0 Å². The van der Waals surface area contributed by atoms with Crippen LogP contribution in [0.15, 0.2) is 18.2 Å². The molecule has 2 rings (SSSR count). The van der Waals surface area contributed by atoms with Crippen LogP contribution in [0.1, 0.15) is 42.3 Å². The smallest absolute Gasteiger partial charge is 0.194 e. The molecule has 0 radical (unpaired) electrons. The lowest BCUT2D eigenvalue weighted by Crippen LogP contribution is -2.15. The van der Waals surface area contributed by atoms with E-state index < -0.39 is 0 Å². The van der Waals surface area contributed by atoms with Crippen molar-refractivity contribution in [2.24, 2.45) is 0 Å². The fourth-order valence-electron chi connectivity index (χ4n) is 1.73. The molecule has 0 saturated carbocycles. The van der Waals surface area contributed by atoms with Gasteiger partial charge in [-0.1, -0.05) is 32.9 Å². The Labute approximate surface area is 96.6 Å². The standard InChI is InChI=1S/C14H18O2/c1-9-5-6-10(14(2,3)4)7-11(9)13(15)12-8-16-12/h5-7,12H,8H2,1-4H3. The average molecular weight is 218 g/mol. The molecule has 1 heterocycles. The third kappa shape index (κ3) is 2.17. The van der Waals surface area contributed by atoms with E-state index >= 15 is 0 Å². The minimum absolute atomic E-state index is 0.0765. The molecule has 1 aromatic rings. The Kier molecular flexibility index (Phi) is 2.62. The summed E-state index contributed by atoms with van der Waals surface area (Å²) in [6, 6.07) is 6.13. The molecule has 2 nitrogen and oxygen atoms in total. The van der Waals surface area contributed by atoms with Gasteiger partial charge < -0.3 is 4.74 Å². The second-order valence-electron chi connectivity index (χ2n) is 5.47. The van der Waals surface area contributed by atoms with Crippen molar-refractivity contribution in [1.82, 2.24) is 0 Å². The maximum absolute atomic E-state index is 12.0. The minimum atomic E-state index is -0.186. The summed E-state index contributed by atoms with van der Waals surface area (Å²) in [5.41, 5.74) is 3.12. The Morgan fingerprint density at radius 1 is 1.38 bits per heavy atom. The molecule has 0 aliphatic carbocycles. The molecule has 0 aromatic heterocycles. The van der Waals surface area contributed by atoms with Crippen molar-refractivity contribution >= 4 is 5.78 Å². The monoisotopic (exact) mass is 218 g/mol. The van der Waals surface area contributed by atoms with Crippen LogP contribution in [-0.4, -0.2) is 18.5 Å². The molecule has 0 amide bonds. The van der Waals surface area contributed by atoms with Crippen molar-refractivity contribution in [2.45, 2.75) is 39.2 Å². The molecule has 1 saturated heterocycles. The van der Waals surface area contributed by atoms with Gasteiger partial charge in [0.25, 0.3) is 0 Å². The van der Waals surface area contributed by atoms with Crippen LogP contribution in [0, 0.1) is 6.92 Å². The second kappa shape index (κ2) is 3.70. The maximum Gasteiger partial charge on any atom is 0.194 e. The summed E-state index contributed by atoms with van der Waals surface area (Å²) in [6.45, 7) is 9.01. The Bertz CT molecular complexity index is 423. The van der Waals surface area contributed by atoms with E-state index in [0.29, 0.717) is 6.61 Å².